The van der Waals surface area contributed by atoms with Crippen LogP contribution in [0.3, 0.4) is 0 Å². The van der Waals surface area contributed by atoms with Crippen molar-refractivity contribution in [2.75, 3.05) is 12.3 Å². The molecule has 134 valence electrons. The molecule has 0 bridgehead atoms. The largest absolute Gasteiger partial charge is 0.393 e. The molecule has 3 fully saturated rings. The van der Waals surface area contributed by atoms with Crippen molar-refractivity contribution in [2.24, 2.45) is 5.11 Å². The van der Waals surface area contributed by atoms with E-state index in [-0.39, 0.29) is 5.82 Å². The zero-order valence-electron chi connectivity index (χ0n) is 13.3. The summed E-state index contributed by atoms with van der Waals surface area (Å²) in [5.74, 6) is -0.719. The number of nitrogens with zero attached hydrogens (tertiary/aromatic N) is 5. The molecule has 2 aliphatic heterocycles. The first-order valence-electron chi connectivity index (χ1n) is 8.08. The molecule has 4 atom stereocenters. The number of aliphatic hydroxyl groups excluding tert-OH is 1. The average molecular weight is 350 g/mol. The number of hydrogen-bond acceptors (Lipinski definition) is 8. The summed E-state index contributed by atoms with van der Waals surface area (Å²) in [7, 11) is 0. The molecule has 0 amide bonds. The van der Waals surface area contributed by atoms with Crippen LogP contribution in [0.4, 0.5) is 5.82 Å². The summed E-state index contributed by atoms with van der Waals surface area (Å²) in [5.41, 5.74) is 12.1. The maximum absolute atomic E-state index is 12.2. The minimum Gasteiger partial charge on any atom is -0.393 e. The minimum atomic E-state index is -1.67. The van der Waals surface area contributed by atoms with E-state index in [0.717, 1.165) is 12.8 Å². The molecule has 0 aromatic carbocycles. The SMILES string of the molecule is [N-]=[N+]=N[C@]1(CO)O[C@@H](n2ccc(N)nc2=O)[C@@H]2OC3(CCCC3)O[C@@H]21. The van der Waals surface area contributed by atoms with Crippen molar-refractivity contribution >= 4 is 5.82 Å². The number of anilines is 1. The first kappa shape index (κ1) is 16.3. The summed E-state index contributed by atoms with van der Waals surface area (Å²) >= 11 is 0. The Balaban J connectivity index is 1.78. The maximum Gasteiger partial charge on any atom is 0.351 e. The van der Waals surface area contributed by atoms with Crippen molar-refractivity contribution in [1.82, 2.24) is 9.55 Å². The van der Waals surface area contributed by atoms with Gasteiger partial charge in [0.1, 0.15) is 18.0 Å². The first-order valence-corrected chi connectivity index (χ1v) is 8.08. The molecular formula is C14H18N6O5. The molecule has 1 aliphatic carbocycles. The van der Waals surface area contributed by atoms with E-state index in [2.05, 4.69) is 15.0 Å². The molecule has 11 nitrogen and oxygen atoms in total. The second-order valence-corrected chi connectivity index (χ2v) is 6.48. The van der Waals surface area contributed by atoms with Gasteiger partial charge in [0.15, 0.2) is 12.0 Å². The number of nitrogens with two attached hydrogens (primary N) is 1. The van der Waals surface area contributed by atoms with Crippen LogP contribution in [-0.2, 0) is 14.2 Å². The minimum absolute atomic E-state index is 0.0788. The molecule has 0 radical (unpaired) electrons. The molecule has 3 N–H and O–H groups in total. The van der Waals surface area contributed by atoms with Crippen LogP contribution in [0.25, 0.3) is 10.4 Å². The zero-order valence-corrected chi connectivity index (χ0v) is 13.3. The number of fused-ring (bicyclic) bond motifs is 1. The second kappa shape index (κ2) is 5.68. The Morgan fingerprint density at radius 3 is 2.84 bits per heavy atom. The lowest BCUT2D eigenvalue weighted by molar-refractivity contribution is -0.238. The van der Waals surface area contributed by atoms with Crippen molar-refractivity contribution in [3.8, 4) is 0 Å². The molecule has 1 aromatic rings. The molecule has 0 unspecified atom stereocenters. The zero-order chi connectivity index (χ0) is 17.7. The summed E-state index contributed by atoms with van der Waals surface area (Å²) in [6.45, 7) is -0.606. The summed E-state index contributed by atoms with van der Waals surface area (Å²) < 4.78 is 19.2. The van der Waals surface area contributed by atoms with E-state index in [1.165, 1.54) is 16.8 Å². The van der Waals surface area contributed by atoms with Gasteiger partial charge in [-0.15, -0.1) is 0 Å². The molecular weight excluding hydrogens is 332 g/mol. The number of rotatable bonds is 3. The lowest BCUT2D eigenvalue weighted by Gasteiger charge is -2.31. The summed E-state index contributed by atoms with van der Waals surface area (Å²) in [5, 5.41) is 13.5. The van der Waals surface area contributed by atoms with Gasteiger partial charge in [-0.05, 0) is 24.4 Å². The number of ether oxygens (including phenoxy) is 3. The van der Waals surface area contributed by atoms with Crippen LogP contribution in [0, 0.1) is 0 Å². The second-order valence-electron chi connectivity index (χ2n) is 6.48. The van der Waals surface area contributed by atoms with Gasteiger partial charge in [0.25, 0.3) is 0 Å². The molecule has 1 aromatic heterocycles. The average Bonchev–Trinajstić information content (AvgIpc) is 3.26. The van der Waals surface area contributed by atoms with E-state index in [9.17, 15) is 9.90 Å². The fourth-order valence-electron chi connectivity index (χ4n) is 3.83. The van der Waals surface area contributed by atoms with Gasteiger partial charge >= 0.3 is 5.69 Å². The molecule has 1 spiro atoms. The molecule has 25 heavy (non-hydrogen) atoms. The Morgan fingerprint density at radius 2 is 2.20 bits per heavy atom. The van der Waals surface area contributed by atoms with Crippen molar-refractivity contribution in [1.29, 1.82) is 0 Å². The van der Waals surface area contributed by atoms with Gasteiger partial charge in [-0.2, -0.15) is 4.98 Å². The molecule has 1 saturated carbocycles. The third-order valence-corrected chi connectivity index (χ3v) is 4.97. The maximum atomic E-state index is 12.2. The highest BCUT2D eigenvalue weighted by atomic mass is 16.8. The fourth-order valence-corrected chi connectivity index (χ4v) is 3.83. The molecule has 3 aliphatic rings. The third kappa shape index (κ3) is 2.40. The van der Waals surface area contributed by atoms with E-state index in [1.54, 1.807) is 0 Å². The highest BCUT2D eigenvalue weighted by Gasteiger charge is 2.65. The topological polar surface area (TPSA) is 158 Å². The Hall–Kier alpha value is -2.17. The van der Waals surface area contributed by atoms with E-state index in [0.29, 0.717) is 12.8 Å². The molecule has 3 heterocycles. The third-order valence-electron chi connectivity index (χ3n) is 4.97. The van der Waals surface area contributed by atoms with E-state index in [1.807, 2.05) is 0 Å². The predicted octanol–water partition coefficient (Wildman–Crippen LogP) is 0.407. The summed E-state index contributed by atoms with van der Waals surface area (Å²) in [6, 6.07) is 1.45. The van der Waals surface area contributed by atoms with Crippen LogP contribution < -0.4 is 11.4 Å². The van der Waals surface area contributed by atoms with Crippen LogP contribution in [0.2, 0.25) is 0 Å². The first-order chi connectivity index (χ1) is 12.0. The standard InChI is InChI=1S/C14H18N6O5/c15-8-3-6-20(12(22)17-8)11-9-10(14(7-21,25-11)18-19-16)24-13(23-9)4-1-2-5-13/h3,6,9-11,21H,1-2,4-5,7H2,(H2,15,17,22)/t9-,10+,11-,14-/m1/s1. The van der Waals surface area contributed by atoms with E-state index >= 15 is 0 Å². The van der Waals surface area contributed by atoms with E-state index in [4.69, 9.17) is 25.5 Å². The van der Waals surface area contributed by atoms with Gasteiger partial charge in [0, 0.05) is 24.0 Å². The number of aliphatic hydroxyl groups is 1. The number of aromatic nitrogens is 2. The van der Waals surface area contributed by atoms with Crippen LogP contribution >= 0.6 is 0 Å². The normalized spacial score (nSPS) is 35.6. The molecule has 11 heteroatoms. The summed E-state index contributed by atoms with van der Waals surface area (Å²) in [4.78, 5) is 18.7. The van der Waals surface area contributed by atoms with Gasteiger partial charge < -0.3 is 25.1 Å². The Labute approximate surface area is 141 Å². The highest BCUT2D eigenvalue weighted by Crippen LogP contribution is 2.52. The smallest absolute Gasteiger partial charge is 0.351 e. The van der Waals surface area contributed by atoms with Crippen molar-refractivity contribution in [3.05, 3.63) is 33.2 Å². The van der Waals surface area contributed by atoms with Gasteiger partial charge in [-0.3, -0.25) is 4.57 Å². The molecule has 2 saturated heterocycles. The van der Waals surface area contributed by atoms with Crippen LogP contribution in [0.1, 0.15) is 31.9 Å². The number of nitrogen functional groups attached to an aromatic ring is 1. The van der Waals surface area contributed by atoms with Crippen LogP contribution in [0.5, 0.6) is 0 Å². The van der Waals surface area contributed by atoms with Crippen molar-refractivity contribution in [3.63, 3.8) is 0 Å². The Bertz CT molecular complexity index is 786. The van der Waals surface area contributed by atoms with Gasteiger partial charge in [0.2, 0.25) is 5.72 Å². The fraction of sp³-hybridized carbons (Fsp3) is 0.714. The number of hydrogen-bond donors (Lipinski definition) is 2. The van der Waals surface area contributed by atoms with Crippen molar-refractivity contribution in [2.45, 2.75) is 55.6 Å². The highest BCUT2D eigenvalue weighted by molar-refractivity contribution is 5.24. The van der Waals surface area contributed by atoms with E-state index < -0.39 is 42.2 Å². The number of azide groups is 1. The van der Waals surface area contributed by atoms with Gasteiger partial charge in [0.05, 0.1) is 6.61 Å². The lowest BCUT2D eigenvalue weighted by atomic mass is 10.1. The monoisotopic (exact) mass is 350 g/mol. The summed E-state index contributed by atoms with van der Waals surface area (Å²) in [6.07, 6.45) is 2.20. The van der Waals surface area contributed by atoms with Gasteiger partial charge in [-0.25, -0.2) is 4.79 Å². The van der Waals surface area contributed by atoms with Crippen LogP contribution in [0.15, 0.2) is 22.2 Å². The quantitative estimate of drug-likeness (QED) is 0.454. The lowest BCUT2D eigenvalue weighted by Crippen LogP contribution is -2.44. The van der Waals surface area contributed by atoms with Gasteiger partial charge in [-0.1, -0.05) is 5.11 Å². The Kier molecular flexibility index (Phi) is 3.71. The Morgan fingerprint density at radius 1 is 1.44 bits per heavy atom. The predicted molar refractivity (Wildman–Crippen MR) is 82.9 cm³/mol. The van der Waals surface area contributed by atoms with Crippen LogP contribution in [-0.4, -0.2) is 45.0 Å². The molecule has 4 rings (SSSR count). The van der Waals surface area contributed by atoms with Crippen molar-refractivity contribution < 1.29 is 19.3 Å².